The van der Waals surface area contributed by atoms with Gasteiger partial charge in [0.1, 0.15) is 5.65 Å². The molecule has 4 aromatic heterocycles. The maximum atomic E-state index is 5.37. The zero-order valence-corrected chi connectivity index (χ0v) is 22.1. The average molecular weight is 525 g/mol. The molecular weight excluding hydrogens is 500 g/mol. The standard InChI is InChI=1S/C37H24N4/c1-3-12-25(13-4-1)35-36(26-14-5-2-6-15-26)41-34-20-8-7-16-29(34)28-22-21-27(24-30(28)37(41)40-35)31-18-11-19-33(39-31)32-17-9-10-23-38-32/h1-24H. The molecule has 0 spiro atoms. The van der Waals surface area contributed by atoms with Crippen LogP contribution in [0.5, 0.6) is 0 Å². The van der Waals surface area contributed by atoms with E-state index in [4.69, 9.17) is 9.97 Å². The van der Waals surface area contributed by atoms with Crippen LogP contribution in [0.1, 0.15) is 0 Å². The van der Waals surface area contributed by atoms with Crippen molar-refractivity contribution in [2.75, 3.05) is 0 Å². The molecular formula is C37H24N4. The predicted octanol–water partition coefficient (Wildman–Crippen LogP) is 9.10. The summed E-state index contributed by atoms with van der Waals surface area (Å²) in [4.78, 5) is 14.9. The number of hydrogen-bond acceptors (Lipinski definition) is 3. The molecule has 0 saturated heterocycles. The van der Waals surface area contributed by atoms with Gasteiger partial charge >= 0.3 is 0 Å². The molecule has 0 amide bonds. The van der Waals surface area contributed by atoms with Gasteiger partial charge < -0.3 is 0 Å². The highest BCUT2D eigenvalue weighted by molar-refractivity contribution is 6.14. The third-order valence-corrected chi connectivity index (χ3v) is 7.64. The van der Waals surface area contributed by atoms with Crippen LogP contribution in [0, 0.1) is 0 Å². The summed E-state index contributed by atoms with van der Waals surface area (Å²) in [5.74, 6) is 0. The molecule has 0 aliphatic rings. The molecule has 4 heterocycles. The van der Waals surface area contributed by atoms with Crippen molar-refractivity contribution in [3.8, 4) is 45.2 Å². The van der Waals surface area contributed by atoms with Crippen molar-refractivity contribution in [3.63, 3.8) is 0 Å². The molecule has 0 atom stereocenters. The molecule has 0 fully saturated rings. The molecule has 4 heteroatoms. The van der Waals surface area contributed by atoms with E-state index in [2.05, 4.69) is 113 Å². The summed E-state index contributed by atoms with van der Waals surface area (Å²) in [6.45, 7) is 0. The van der Waals surface area contributed by atoms with Gasteiger partial charge in [0, 0.05) is 33.7 Å². The fraction of sp³-hybridized carbons (Fsp3) is 0. The summed E-state index contributed by atoms with van der Waals surface area (Å²) in [6.07, 6.45) is 1.80. The number of benzene rings is 4. The van der Waals surface area contributed by atoms with Crippen molar-refractivity contribution in [3.05, 3.63) is 146 Å². The van der Waals surface area contributed by atoms with Gasteiger partial charge in [0.05, 0.1) is 34.0 Å². The van der Waals surface area contributed by atoms with E-state index >= 15 is 0 Å². The van der Waals surface area contributed by atoms with Crippen molar-refractivity contribution in [1.82, 2.24) is 19.4 Å². The SMILES string of the molecule is c1ccc(-c2nc3c4cc(-c5cccc(-c6ccccn6)n5)ccc4c4ccccc4n3c2-c2ccccc2)cc1. The summed E-state index contributed by atoms with van der Waals surface area (Å²) in [5.41, 5.74) is 9.99. The highest BCUT2D eigenvalue weighted by Crippen LogP contribution is 2.39. The lowest BCUT2D eigenvalue weighted by Gasteiger charge is -2.13. The van der Waals surface area contributed by atoms with E-state index in [1.807, 2.05) is 36.4 Å². The number of pyridine rings is 3. The van der Waals surface area contributed by atoms with Gasteiger partial charge in [-0.25, -0.2) is 9.97 Å². The van der Waals surface area contributed by atoms with Crippen LogP contribution in [-0.4, -0.2) is 19.4 Å². The van der Waals surface area contributed by atoms with Crippen LogP contribution in [0.2, 0.25) is 0 Å². The van der Waals surface area contributed by atoms with E-state index in [0.717, 1.165) is 61.7 Å². The van der Waals surface area contributed by atoms with E-state index in [-0.39, 0.29) is 0 Å². The molecule has 0 aliphatic heterocycles. The smallest absolute Gasteiger partial charge is 0.146 e. The summed E-state index contributed by atoms with van der Waals surface area (Å²) in [7, 11) is 0. The average Bonchev–Trinajstić information content (AvgIpc) is 3.47. The molecule has 8 aromatic rings. The molecule has 0 saturated carbocycles. The third kappa shape index (κ3) is 3.88. The summed E-state index contributed by atoms with van der Waals surface area (Å²) in [5, 5.41) is 3.44. The van der Waals surface area contributed by atoms with Crippen LogP contribution in [0.4, 0.5) is 0 Å². The topological polar surface area (TPSA) is 43.1 Å². The minimum atomic E-state index is 0.852. The second-order valence-corrected chi connectivity index (χ2v) is 10.1. The Hall–Kier alpha value is -5.61. The van der Waals surface area contributed by atoms with Gasteiger partial charge in [-0.05, 0) is 41.8 Å². The van der Waals surface area contributed by atoms with E-state index in [9.17, 15) is 0 Å². The van der Waals surface area contributed by atoms with Crippen LogP contribution < -0.4 is 0 Å². The molecule has 0 unspecified atom stereocenters. The van der Waals surface area contributed by atoms with Gasteiger partial charge in [-0.2, -0.15) is 0 Å². The monoisotopic (exact) mass is 524 g/mol. The third-order valence-electron chi connectivity index (χ3n) is 7.64. The first-order valence-electron chi connectivity index (χ1n) is 13.7. The van der Waals surface area contributed by atoms with E-state index in [1.165, 1.54) is 10.8 Å². The summed E-state index contributed by atoms with van der Waals surface area (Å²) in [6, 6.07) is 48.2. The zero-order valence-electron chi connectivity index (χ0n) is 22.1. The molecule has 192 valence electrons. The Kier molecular flexibility index (Phi) is 5.42. The second kappa shape index (κ2) is 9.54. The lowest BCUT2D eigenvalue weighted by atomic mass is 10.0. The van der Waals surface area contributed by atoms with Gasteiger partial charge in [-0.15, -0.1) is 0 Å². The lowest BCUT2D eigenvalue weighted by Crippen LogP contribution is -1.95. The van der Waals surface area contributed by atoms with Crippen LogP contribution in [0.3, 0.4) is 0 Å². The Morgan fingerprint density at radius 1 is 0.439 bits per heavy atom. The first-order chi connectivity index (χ1) is 20.3. The number of rotatable bonds is 4. The number of imidazole rings is 1. The van der Waals surface area contributed by atoms with Crippen molar-refractivity contribution in [2.24, 2.45) is 0 Å². The van der Waals surface area contributed by atoms with E-state index in [1.54, 1.807) is 6.20 Å². The normalized spacial score (nSPS) is 11.4. The summed E-state index contributed by atoms with van der Waals surface area (Å²) < 4.78 is 2.33. The van der Waals surface area contributed by atoms with Gasteiger partial charge in [-0.1, -0.05) is 103 Å². The zero-order chi connectivity index (χ0) is 27.2. The fourth-order valence-electron chi connectivity index (χ4n) is 5.77. The molecule has 0 radical (unpaired) electrons. The molecule has 0 aliphatic carbocycles. The molecule has 0 N–H and O–H groups in total. The van der Waals surface area contributed by atoms with Gasteiger partial charge in [0.15, 0.2) is 0 Å². The number of fused-ring (bicyclic) bond motifs is 6. The minimum absolute atomic E-state index is 0.852. The second-order valence-electron chi connectivity index (χ2n) is 10.1. The predicted molar refractivity (Wildman–Crippen MR) is 168 cm³/mol. The molecule has 8 rings (SSSR count). The van der Waals surface area contributed by atoms with Crippen LogP contribution in [-0.2, 0) is 0 Å². The quantitative estimate of drug-likeness (QED) is 0.216. The van der Waals surface area contributed by atoms with Gasteiger partial charge in [0.25, 0.3) is 0 Å². The van der Waals surface area contributed by atoms with Crippen LogP contribution in [0.25, 0.3) is 72.5 Å². The number of aromatic nitrogens is 4. The highest BCUT2D eigenvalue weighted by atomic mass is 15.0. The van der Waals surface area contributed by atoms with Crippen LogP contribution in [0.15, 0.2) is 146 Å². The maximum Gasteiger partial charge on any atom is 0.146 e. The fourth-order valence-corrected chi connectivity index (χ4v) is 5.77. The van der Waals surface area contributed by atoms with Gasteiger partial charge in [0.2, 0.25) is 0 Å². The Morgan fingerprint density at radius 3 is 1.95 bits per heavy atom. The first kappa shape index (κ1) is 23.3. The Morgan fingerprint density at radius 2 is 1.15 bits per heavy atom. The number of hydrogen-bond donors (Lipinski definition) is 0. The minimum Gasteiger partial charge on any atom is -0.291 e. The van der Waals surface area contributed by atoms with Crippen molar-refractivity contribution in [1.29, 1.82) is 0 Å². The molecule has 0 bridgehead atoms. The largest absolute Gasteiger partial charge is 0.291 e. The van der Waals surface area contributed by atoms with E-state index in [0.29, 0.717) is 0 Å². The van der Waals surface area contributed by atoms with E-state index < -0.39 is 0 Å². The number of nitrogens with zero attached hydrogens (tertiary/aromatic N) is 4. The van der Waals surface area contributed by atoms with Gasteiger partial charge in [-0.3, -0.25) is 9.38 Å². The lowest BCUT2D eigenvalue weighted by molar-refractivity contribution is 1.25. The molecule has 41 heavy (non-hydrogen) atoms. The first-order valence-corrected chi connectivity index (χ1v) is 13.7. The highest BCUT2D eigenvalue weighted by Gasteiger charge is 2.21. The van der Waals surface area contributed by atoms with Crippen molar-refractivity contribution < 1.29 is 0 Å². The Labute approximate surface area is 237 Å². The number of para-hydroxylation sites is 1. The Balaban J connectivity index is 1.45. The maximum absolute atomic E-state index is 5.37. The molecule has 4 nitrogen and oxygen atoms in total. The summed E-state index contributed by atoms with van der Waals surface area (Å²) >= 11 is 0. The van der Waals surface area contributed by atoms with Crippen LogP contribution >= 0.6 is 0 Å². The molecule has 4 aromatic carbocycles. The van der Waals surface area contributed by atoms with Crippen molar-refractivity contribution >= 4 is 27.3 Å². The van der Waals surface area contributed by atoms with Crippen molar-refractivity contribution in [2.45, 2.75) is 0 Å². The Bertz CT molecular complexity index is 2180.